The van der Waals surface area contributed by atoms with E-state index in [4.69, 9.17) is 11.6 Å². The van der Waals surface area contributed by atoms with Crippen molar-refractivity contribution in [3.8, 4) is 0 Å². The molecule has 5 heteroatoms. The van der Waals surface area contributed by atoms with Crippen LogP contribution >= 0.6 is 27.5 Å². The van der Waals surface area contributed by atoms with E-state index in [1.807, 2.05) is 6.20 Å². The van der Waals surface area contributed by atoms with E-state index in [9.17, 15) is 0 Å². The summed E-state index contributed by atoms with van der Waals surface area (Å²) in [5.41, 5.74) is 1.14. The molecule has 2 rings (SSSR count). The van der Waals surface area contributed by atoms with Crippen LogP contribution in [0.3, 0.4) is 0 Å². The van der Waals surface area contributed by atoms with Crippen LogP contribution in [0.5, 0.6) is 0 Å². The number of hydrogen-bond acceptors (Lipinski definition) is 3. The van der Waals surface area contributed by atoms with Gasteiger partial charge in [0.25, 0.3) is 0 Å². The smallest absolute Gasteiger partial charge is 0.0544 e. The first-order valence-electron chi connectivity index (χ1n) is 6.39. The molecule has 0 radical (unpaired) electrons. The van der Waals surface area contributed by atoms with Gasteiger partial charge in [0.2, 0.25) is 0 Å². The van der Waals surface area contributed by atoms with E-state index in [2.05, 4.69) is 42.8 Å². The van der Waals surface area contributed by atoms with Crippen LogP contribution in [0.15, 0.2) is 22.8 Å². The molecule has 0 unspecified atom stereocenters. The quantitative estimate of drug-likeness (QED) is 0.790. The van der Waals surface area contributed by atoms with E-state index in [1.165, 1.54) is 6.42 Å². The minimum absolute atomic E-state index is 0.730. The standard InChI is InChI=1S/C13H19BrClN3/c14-12-2-3-13(16-10-12)11-18-6-1-5-17(7-4-15)8-9-18/h2-3,10H,1,4-9,11H2. The zero-order valence-corrected chi connectivity index (χ0v) is 12.8. The molecule has 18 heavy (non-hydrogen) atoms. The highest BCUT2D eigenvalue weighted by atomic mass is 79.9. The molecule has 3 nitrogen and oxygen atoms in total. The van der Waals surface area contributed by atoms with E-state index in [0.717, 1.165) is 55.3 Å². The molecular weight excluding hydrogens is 314 g/mol. The molecule has 1 fully saturated rings. The van der Waals surface area contributed by atoms with Gasteiger partial charge in [-0.1, -0.05) is 0 Å². The van der Waals surface area contributed by atoms with Crippen molar-refractivity contribution in [2.45, 2.75) is 13.0 Å². The lowest BCUT2D eigenvalue weighted by atomic mass is 10.3. The molecule has 0 aromatic carbocycles. The molecule has 2 heterocycles. The van der Waals surface area contributed by atoms with Crippen LogP contribution in [-0.4, -0.2) is 53.4 Å². The van der Waals surface area contributed by atoms with Gasteiger partial charge in [-0.05, 0) is 47.6 Å². The van der Waals surface area contributed by atoms with E-state index in [1.54, 1.807) is 0 Å². The average molecular weight is 333 g/mol. The van der Waals surface area contributed by atoms with Crippen molar-refractivity contribution in [2.75, 3.05) is 38.6 Å². The molecule has 1 aromatic rings. The molecule has 0 saturated carbocycles. The topological polar surface area (TPSA) is 19.4 Å². The van der Waals surface area contributed by atoms with Gasteiger partial charge in [0.15, 0.2) is 0 Å². The number of nitrogens with zero attached hydrogens (tertiary/aromatic N) is 3. The van der Waals surface area contributed by atoms with Gasteiger partial charge in [0.1, 0.15) is 0 Å². The highest BCUT2D eigenvalue weighted by Crippen LogP contribution is 2.11. The molecule has 0 amide bonds. The highest BCUT2D eigenvalue weighted by molar-refractivity contribution is 9.10. The Balaban J connectivity index is 1.84. The van der Waals surface area contributed by atoms with Crippen LogP contribution in [0.25, 0.3) is 0 Å². The summed E-state index contributed by atoms with van der Waals surface area (Å²) in [5.74, 6) is 0.730. The summed E-state index contributed by atoms with van der Waals surface area (Å²) in [6.45, 7) is 6.49. The third-order valence-corrected chi connectivity index (χ3v) is 3.89. The number of halogens is 2. The van der Waals surface area contributed by atoms with Gasteiger partial charge in [-0.3, -0.25) is 9.88 Å². The van der Waals surface area contributed by atoms with E-state index < -0.39 is 0 Å². The second-order valence-corrected chi connectivity index (χ2v) is 5.92. The Morgan fingerprint density at radius 3 is 2.67 bits per heavy atom. The van der Waals surface area contributed by atoms with Gasteiger partial charge in [0, 0.05) is 42.7 Å². The first kappa shape index (κ1) is 14.3. The van der Waals surface area contributed by atoms with Crippen LogP contribution in [0.4, 0.5) is 0 Å². The fourth-order valence-corrected chi connectivity index (χ4v) is 2.73. The third kappa shape index (κ3) is 4.50. The fraction of sp³-hybridized carbons (Fsp3) is 0.615. The Morgan fingerprint density at radius 1 is 1.17 bits per heavy atom. The zero-order chi connectivity index (χ0) is 12.8. The molecule has 0 aliphatic carbocycles. The van der Waals surface area contributed by atoms with Gasteiger partial charge >= 0.3 is 0 Å². The highest BCUT2D eigenvalue weighted by Gasteiger charge is 2.14. The van der Waals surface area contributed by atoms with Crippen molar-refractivity contribution in [1.82, 2.24) is 14.8 Å². The number of rotatable bonds is 4. The Morgan fingerprint density at radius 2 is 1.94 bits per heavy atom. The summed E-state index contributed by atoms with van der Waals surface area (Å²) >= 11 is 9.21. The molecule has 0 bridgehead atoms. The van der Waals surface area contributed by atoms with Crippen molar-refractivity contribution >= 4 is 27.5 Å². The van der Waals surface area contributed by atoms with Crippen LogP contribution in [-0.2, 0) is 6.54 Å². The van der Waals surface area contributed by atoms with E-state index in [-0.39, 0.29) is 0 Å². The van der Waals surface area contributed by atoms with Gasteiger partial charge in [-0.25, -0.2) is 0 Å². The summed E-state index contributed by atoms with van der Waals surface area (Å²) in [7, 11) is 0. The largest absolute Gasteiger partial charge is 0.301 e. The molecule has 0 spiro atoms. The second-order valence-electron chi connectivity index (χ2n) is 4.63. The lowest BCUT2D eigenvalue weighted by Gasteiger charge is -2.20. The molecule has 0 atom stereocenters. The average Bonchev–Trinajstić information content (AvgIpc) is 2.59. The van der Waals surface area contributed by atoms with Gasteiger partial charge in [-0.15, -0.1) is 11.6 Å². The molecule has 1 saturated heterocycles. The first-order valence-corrected chi connectivity index (χ1v) is 7.72. The van der Waals surface area contributed by atoms with Crippen molar-refractivity contribution in [1.29, 1.82) is 0 Å². The summed E-state index contributed by atoms with van der Waals surface area (Å²) in [4.78, 5) is 9.36. The Hall–Kier alpha value is -0.160. The lowest BCUT2D eigenvalue weighted by Crippen LogP contribution is -2.31. The maximum Gasteiger partial charge on any atom is 0.0544 e. The maximum atomic E-state index is 5.80. The predicted molar refractivity (Wildman–Crippen MR) is 79.0 cm³/mol. The van der Waals surface area contributed by atoms with Crippen molar-refractivity contribution < 1.29 is 0 Å². The molecule has 1 aliphatic heterocycles. The second kappa shape index (κ2) is 7.43. The normalized spacial score (nSPS) is 18.8. The number of hydrogen-bond donors (Lipinski definition) is 0. The van der Waals surface area contributed by atoms with E-state index >= 15 is 0 Å². The molecule has 1 aromatic heterocycles. The third-order valence-electron chi connectivity index (χ3n) is 3.26. The SMILES string of the molecule is ClCCN1CCCN(Cc2ccc(Br)cn2)CC1. The van der Waals surface area contributed by atoms with Gasteiger partial charge in [0.05, 0.1) is 5.69 Å². The Bertz CT molecular complexity index is 358. The van der Waals surface area contributed by atoms with Gasteiger partial charge in [-0.2, -0.15) is 0 Å². The molecular formula is C13H19BrClN3. The minimum Gasteiger partial charge on any atom is -0.301 e. The molecule has 1 aliphatic rings. The zero-order valence-electron chi connectivity index (χ0n) is 10.5. The van der Waals surface area contributed by atoms with Crippen LogP contribution < -0.4 is 0 Å². The number of alkyl halides is 1. The number of aromatic nitrogens is 1. The van der Waals surface area contributed by atoms with Gasteiger partial charge < -0.3 is 4.90 Å². The Labute approximate surface area is 122 Å². The monoisotopic (exact) mass is 331 g/mol. The lowest BCUT2D eigenvalue weighted by molar-refractivity contribution is 0.256. The van der Waals surface area contributed by atoms with E-state index in [0.29, 0.717) is 0 Å². The maximum absolute atomic E-state index is 5.80. The van der Waals surface area contributed by atoms with Crippen LogP contribution in [0.1, 0.15) is 12.1 Å². The molecule has 100 valence electrons. The number of pyridine rings is 1. The minimum atomic E-state index is 0.730. The molecule has 0 N–H and O–H groups in total. The van der Waals surface area contributed by atoms with Crippen molar-refractivity contribution in [2.24, 2.45) is 0 Å². The summed E-state index contributed by atoms with van der Waals surface area (Å²) in [6, 6.07) is 4.14. The fourth-order valence-electron chi connectivity index (χ4n) is 2.25. The van der Waals surface area contributed by atoms with Crippen LogP contribution in [0.2, 0.25) is 0 Å². The first-order chi connectivity index (χ1) is 8.78. The Kier molecular flexibility index (Phi) is 5.89. The summed E-state index contributed by atoms with van der Waals surface area (Å²) < 4.78 is 1.04. The van der Waals surface area contributed by atoms with Crippen molar-refractivity contribution in [3.63, 3.8) is 0 Å². The summed E-state index contributed by atoms with van der Waals surface area (Å²) in [5, 5.41) is 0. The van der Waals surface area contributed by atoms with Crippen molar-refractivity contribution in [3.05, 3.63) is 28.5 Å². The predicted octanol–water partition coefficient (Wildman–Crippen LogP) is 2.59. The van der Waals surface area contributed by atoms with Crippen LogP contribution in [0, 0.1) is 0 Å². The summed E-state index contributed by atoms with van der Waals surface area (Å²) in [6.07, 6.45) is 3.08.